The molecule has 1 saturated carbocycles. The molecular weight excluding hydrogens is 198 g/mol. The fourth-order valence-electron chi connectivity index (χ4n) is 2.91. The molecule has 0 radical (unpaired) electrons. The second-order valence-corrected chi connectivity index (χ2v) is 5.44. The predicted molar refractivity (Wildman–Crippen MR) is 69.6 cm³/mol. The monoisotopic (exact) mass is 227 g/mol. The summed E-state index contributed by atoms with van der Waals surface area (Å²) in [5, 5.41) is 12.5. The number of aliphatic hydroxyl groups excluding tert-OH is 1. The molecule has 16 heavy (non-hydrogen) atoms. The van der Waals surface area contributed by atoms with Crippen LogP contribution in [0, 0.1) is 5.92 Å². The molecule has 0 aromatic carbocycles. The van der Waals surface area contributed by atoms with E-state index >= 15 is 0 Å². The molecule has 2 nitrogen and oxygen atoms in total. The lowest BCUT2D eigenvalue weighted by atomic mass is 9.83. The molecule has 2 heteroatoms. The molecule has 0 aliphatic heterocycles. The molecular formula is C14H29NO. The van der Waals surface area contributed by atoms with Crippen molar-refractivity contribution in [2.75, 3.05) is 6.61 Å². The van der Waals surface area contributed by atoms with Crippen LogP contribution in [-0.2, 0) is 0 Å². The minimum absolute atomic E-state index is 0.329. The van der Waals surface area contributed by atoms with Gasteiger partial charge in [-0.15, -0.1) is 0 Å². The van der Waals surface area contributed by atoms with Crippen LogP contribution >= 0.6 is 0 Å². The molecule has 2 N–H and O–H groups in total. The quantitative estimate of drug-likeness (QED) is 0.700. The third-order valence-corrected chi connectivity index (χ3v) is 3.86. The molecule has 0 spiro atoms. The van der Waals surface area contributed by atoms with Crippen molar-refractivity contribution in [2.45, 2.75) is 77.3 Å². The SMILES string of the molecule is CCCC1CCC(NC(C)CCCO)CC1. The number of hydrogen-bond acceptors (Lipinski definition) is 2. The van der Waals surface area contributed by atoms with Crippen LogP contribution in [0.15, 0.2) is 0 Å². The van der Waals surface area contributed by atoms with E-state index in [0.29, 0.717) is 12.6 Å². The maximum atomic E-state index is 8.79. The van der Waals surface area contributed by atoms with Crippen molar-refractivity contribution < 1.29 is 5.11 Å². The summed E-state index contributed by atoms with van der Waals surface area (Å²) in [5.74, 6) is 0.996. The Morgan fingerprint density at radius 2 is 1.94 bits per heavy atom. The standard InChI is InChI=1S/C14H29NO/c1-3-5-13-7-9-14(10-8-13)15-12(2)6-4-11-16/h12-16H,3-11H2,1-2H3. The smallest absolute Gasteiger partial charge is 0.0431 e. The van der Waals surface area contributed by atoms with E-state index < -0.39 is 0 Å². The summed E-state index contributed by atoms with van der Waals surface area (Å²) in [4.78, 5) is 0. The van der Waals surface area contributed by atoms with Gasteiger partial charge in [0, 0.05) is 18.7 Å². The van der Waals surface area contributed by atoms with Gasteiger partial charge in [0.1, 0.15) is 0 Å². The Morgan fingerprint density at radius 3 is 2.50 bits per heavy atom. The van der Waals surface area contributed by atoms with Crippen molar-refractivity contribution in [1.29, 1.82) is 0 Å². The molecule has 1 atom stereocenters. The van der Waals surface area contributed by atoms with Gasteiger partial charge in [0.25, 0.3) is 0 Å². The van der Waals surface area contributed by atoms with Crippen molar-refractivity contribution in [1.82, 2.24) is 5.32 Å². The minimum atomic E-state index is 0.329. The summed E-state index contributed by atoms with van der Waals surface area (Å²) in [5.41, 5.74) is 0. The van der Waals surface area contributed by atoms with Crippen molar-refractivity contribution in [3.63, 3.8) is 0 Å². The van der Waals surface area contributed by atoms with E-state index in [1.54, 1.807) is 0 Å². The molecule has 0 heterocycles. The van der Waals surface area contributed by atoms with Gasteiger partial charge in [0.15, 0.2) is 0 Å². The normalized spacial score (nSPS) is 27.9. The van der Waals surface area contributed by atoms with E-state index in [-0.39, 0.29) is 0 Å². The number of rotatable bonds is 7. The van der Waals surface area contributed by atoms with Crippen LogP contribution in [0.25, 0.3) is 0 Å². The predicted octanol–water partition coefficient (Wildman–Crippen LogP) is 3.10. The van der Waals surface area contributed by atoms with Crippen LogP contribution in [0.1, 0.15) is 65.2 Å². The van der Waals surface area contributed by atoms with E-state index in [1.807, 2.05) is 0 Å². The van der Waals surface area contributed by atoms with Crippen molar-refractivity contribution in [2.24, 2.45) is 5.92 Å². The maximum Gasteiger partial charge on any atom is 0.0431 e. The lowest BCUT2D eigenvalue weighted by molar-refractivity contribution is 0.247. The number of hydrogen-bond donors (Lipinski definition) is 2. The maximum absolute atomic E-state index is 8.79. The Kier molecular flexibility index (Phi) is 7.06. The largest absolute Gasteiger partial charge is 0.396 e. The number of nitrogens with one attached hydrogen (secondary N) is 1. The van der Waals surface area contributed by atoms with Gasteiger partial charge in [0.05, 0.1) is 0 Å². The Hall–Kier alpha value is -0.0800. The highest BCUT2D eigenvalue weighted by Gasteiger charge is 2.21. The highest BCUT2D eigenvalue weighted by atomic mass is 16.2. The summed E-state index contributed by atoms with van der Waals surface area (Å²) in [6.45, 7) is 4.87. The van der Waals surface area contributed by atoms with Crippen LogP contribution in [0.2, 0.25) is 0 Å². The van der Waals surface area contributed by atoms with E-state index in [0.717, 1.165) is 24.8 Å². The van der Waals surface area contributed by atoms with Crippen LogP contribution in [0.5, 0.6) is 0 Å². The fraction of sp³-hybridized carbons (Fsp3) is 1.00. The highest BCUT2D eigenvalue weighted by Crippen LogP contribution is 2.27. The number of aliphatic hydroxyl groups is 1. The molecule has 1 fully saturated rings. The summed E-state index contributed by atoms with van der Waals surface area (Å²) in [7, 11) is 0. The average molecular weight is 227 g/mol. The first-order valence-electron chi connectivity index (χ1n) is 7.13. The molecule has 0 aromatic heterocycles. The molecule has 96 valence electrons. The fourth-order valence-corrected chi connectivity index (χ4v) is 2.91. The van der Waals surface area contributed by atoms with E-state index in [2.05, 4.69) is 19.2 Å². The zero-order chi connectivity index (χ0) is 11.8. The van der Waals surface area contributed by atoms with Crippen LogP contribution in [-0.4, -0.2) is 23.8 Å². The van der Waals surface area contributed by atoms with Crippen LogP contribution in [0.3, 0.4) is 0 Å². The van der Waals surface area contributed by atoms with E-state index in [4.69, 9.17) is 5.11 Å². The second kappa shape index (κ2) is 8.08. The van der Waals surface area contributed by atoms with Gasteiger partial charge in [-0.1, -0.05) is 19.8 Å². The minimum Gasteiger partial charge on any atom is -0.396 e. The van der Waals surface area contributed by atoms with E-state index in [9.17, 15) is 0 Å². The Morgan fingerprint density at radius 1 is 1.25 bits per heavy atom. The third kappa shape index (κ3) is 5.31. The molecule has 0 bridgehead atoms. The lowest BCUT2D eigenvalue weighted by Gasteiger charge is -2.31. The van der Waals surface area contributed by atoms with Gasteiger partial charge in [-0.25, -0.2) is 0 Å². The lowest BCUT2D eigenvalue weighted by Crippen LogP contribution is -2.39. The Labute approximate surface area is 101 Å². The molecule has 1 rings (SSSR count). The topological polar surface area (TPSA) is 32.3 Å². The van der Waals surface area contributed by atoms with E-state index in [1.165, 1.54) is 38.5 Å². The van der Waals surface area contributed by atoms with Gasteiger partial charge in [-0.3, -0.25) is 0 Å². The first kappa shape index (κ1) is 14.0. The van der Waals surface area contributed by atoms with Gasteiger partial charge < -0.3 is 10.4 Å². The van der Waals surface area contributed by atoms with Crippen molar-refractivity contribution in [3.05, 3.63) is 0 Å². The summed E-state index contributed by atoms with van der Waals surface area (Å²) in [6.07, 6.45) is 10.3. The van der Waals surface area contributed by atoms with Gasteiger partial charge in [0.2, 0.25) is 0 Å². The second-order valence-electron chi connectivity index (χ2n) is 5.44. The van der Waals surface area contributed by atoms with Crippen molar-refractivity contribution >= 4 is 0 Å². The molecule has 0 saturated heterocycles. The van der Waals surface area contributed by atoms with Crippen LogP contribution in [0.4, 0.5) is 0 Å². The van der Waals surface area contributed by atoms with Gasteiger partial charge in [-0.05, 0) is 51.4 Å². The molecule has 1 aliphatic carbocycles. The summed E-state index contributed by atoms with van der Waals surface area (Å²) < 4.78 is 0. The molecule has 1 unspecified atom stereocenters. The molecule has 0 amide bonds. The first-order valence-corrected chi connectivity index (χ1v) is 7.13. The summed E-state index contributed by atoms with van der Waals surface area (Å²) in [6, 6.07) is 1.31. The first-order chi connectivity index (χ1) is 7.76. The zero-order valence-corrected chi connectivity index (χ0v) is 11.0. The Bertz CT molecular complexity index is 164. The van der Waals surface area contributed by atoms with Gasteiger partial charge >= 0.3 is 0 Å². The Balaban J connectivity index is 2.11. The molecule has 0 aromatic rings. The highest BCUT2D eigenvalue weighted by molar-refractivity contribution is 4.79. The van der Waals surface area contributed by atoms with Gasteiger partial charge in [-0.2, -0.15) is 0 Å². The summed E-state index contributed by atoms with van der Waals surface area (Å²) >= 11 is 0. The van der Waals surface area contributed by atoms with Crippen molar-refractivity contribution in [3.8, 4) is 0 Å². The molecule has 1 aliphatic rings. The zero-order valence-electron chi connectivity index (χ0n) is 11.0. The average Bonchev–Trinajstić information content (AvgIpc) is 2.29. The third-order valence-electron chi connectivity index (χ3n) is 3.86. The van der Waals surface area contributed by atoms with Crippen LogP contribution < -0.4 is 5.32 Å².